The summed E-state index contributed by atoms with van der Waals surface area (Å²) in [4.78, 5) is 4.14. The second kappa shape index (κ2) is 12.8. The fraction of sp³-hybridized carbons (Fsp3) is 0.400. The Morgan fingerprint density at radius 2 is 1.46 bits per heavy atom. The number of aromatic nitrogens is 1. The molecule has 1 unspecified atom stereocenters. The van der Waals surface area contributed by atoms with Crippen molar-refractivity contribution in [3.63, 3.8) is 0 Å². The van der Waals surface area contributed by atoms with Crippen molar-refractivity contribution in [2.24, 2.45) is 0 Å². The third-order valence-electron chi connectivity index (χ3n) is 7.11. The number of anilines is 1. The van der Waals surface area contributed by atoms with Crippen LogP contribution in [0, 0.1) is 0 Å². The molecule has 0 saturated heterocycles. The number of aryl methyl sites for hydroxylation is 1. The minimum Gasteiger partial charge on any atom is -0.507 e. The highest BCUT2D eigenvalue weighted by Crippen LogP contribution is 2.40. The van der Waals surface area contributed by atoms with Crippen LogP contribution in [0.25, 0.3) is 10.8 Å². The molecule has 1 atom stereocenters. The van der Waals surface area contributed by atoms with E-state index in [4.69, 9.17) is 9.47 Å². The van der Waals surface area contributed by atoms with Gasteiger partial charge in [0, 0.05) is 30.0 Å². The van der Waals surface area contributed by atoms with Crippen LogP contribution in [0.3, 0.4) is 0 Å². The molecule has 0 bridgehead atoms. The highest BCUT2D eigenvalue weighted by Gasteiger charge is 2.26. The summed E-state index contributed by atoms with van der Waals surface area (Å²) in [5, 5.41) is 26.7. The van der Waals surface area contributed by atoms with Crippen LogP contribution >= 0.6 is 0 Å². The van der Waals surface area contributed by atoms with Crippen molar-refractivity contribution in [2.75, 3.05) is 25.1 Å². The van der Waals surface area contributed by atoms with E-state index in [0.29, 0.717) is 24.7 Å². The molecule has 41 heavy (non-hydrogen) atoms. The first-order chi connectivity index (χ1) is 19.4. The molecule has 1 aromatic heterocycles. The molecule has 0 saturated carbocycles. The van der Waals surface area contributed by atoms with Gasteiger partial charge >= 0.3 is 0 Å². The van der Waals surface area contributed by atoms with E-state index in [1.54, 1.807) is 12.4 Å². The van der Waals surface area contributed by atoms with E-state index in [1.165, 1.54) is 5.56 Å². The van der Waals surface area contributed by atoms with Crippen LogP contribution in [0.15, 0.2) is 73.1 Å². The standard InChI is InChI=1S/C35H44N2O4/c1-34(2,3)31-18-24(19-32(33(31)39)35(4,5)6)8-7-17-40-29-13-10-27(11-14-29)37-22-28(38)23-41-30-12-9-25-15-16-36-21-26(25)20-30/h9-16,18-21,28,37-39H,7-8,17,22-23H2,1-6H3. The topological polar surface area (TPSA) is 83.8 Å². The van der Waals surface area contributed by atoms with Crippen molar-refractivity contribution in [1.82, 2.24) is 4.98 Å². The largest absolute Gasteiger partial charge is 0.507 e. The molecule has 0 aliphatic heterocycles. The van der Waals surface area contributed by atoms with Gasteiger partial charge in [0.1, 0.15) is 30.0 Å². The molecule has 0 fully saturated rings. The fourth-order valence-corrected chi connectivity index (χ4v) is 4.76. The van der Waals surface area contributed by atoms with Crippen LogP contribution in [0.1, 0.15) is 64.7 Å². The Morgan fingerprint density at radius 1 is 0.805 bits per heavy atom. The van der Waals surface area contributed by atoms with Gasteiger partial charge in [-0.1, -0.05) is 59.7 Å². The second-order valence-corrected chi connectivity index (χ2v) is 12.7. The Labute approximate surface area is 244 Å². The van der Waals surface area contributed by atoms with Gasteiger partial charge in [0.25, 0.3) is 0 Å². The highest BCUT2D eigenvalue weighted by molar-refractivity contribution is 5.82. The van der Waals surface area contributed by atoms with Gasteiger partial charge in [0.2, 0.25) is 0 Å². The number of nitrogens with one attached hydrogen (secondary N) is 1. The van der Waals surface area contributed by atoms with E-state index in [1.807, 2.05) is 48.5 Å². The minimum absolute atomic E-state index is 0.134. The first kappa shape index (κ1) is 30.2. The number of aliphatic hydroxyl groups is 1. The van der Waals surface area contributed by atoms with Crippen LogP contribution < -0.4 is 14.8 Å². The Balaban J connectivity index is 1.22. The van der Waals surface area contributed by atoms with Crippen molar-refractivity contribution < 1.29 is 19.7 Å². The SMILES string of the molecule is CC(C)(C)c1cc(CCCOc2ccc(NCC(O)COc3ccc4ccncc4c3)cc2)cc(C(C)(C)C)c1O. The Kier molecular flexibility index (Phi) is 9.44. The number of phenols is 1. The van der Waals surface area contributed by atoms with Crippen LogP contribution in [0.5, 0.6) is 17.2 Å². The van der Waals surface area contributed by atoms with E-state index in [9.17, 15) is 10.2 Å². The predicted molar refractivity (Wildman–Crippen MR) is 167 cm³/mol. The Morgan fingerprint density at radius 3 is 2.12 bits per heavy atom. The highest BCUT2D eigenvalue weighted by atomic mass is 16.5. The molecule has 0 aliphatic rings. The van der Waals surface area contributed by atoms with Gasteiger partial charge in [0.15, 0.2) is 0 Å². The monoisotopic (exact) mass is 556 g/mol. The normalized spacial score (nSPS) is 12.8. The van der Waals surface area contributed by atoms with Crippen molar-refractivity contribution in [3.8, 4) is 17.2 Å². The maximum Gasteiger partial charge on any atom is 0.123 e. The molecule has 0 amide bonds. The summed E-state index contributed by atoms with van der Waals surface area (Å²) < 4.78 is 11.8. The molecule has 6 heteroatoms. The number of nitrogens with zero attached hydrogens (tertiary/aromatic N) is 1. The van der Waals surface area contributed by atoms with Crippen LogP contribution in [-0.4, -0.2) is 41.1 Å². The summed E-state index contributed by atoms with van der Waals surface area (Å²) in [5.41, 5.74) is 3.84. The van der Waals surface area contributed by atoms with Crippen LogP contribution in [0.2, 0.25) is 0 Å². The molecule has 4 rings (SSSR count). The molecule has 4 aromatic rings. The van der Waals surface area contributed by atoms with Gasteiger partial charge in [0.05, 0.1) is 6.61 Å². The van der Waals surface area contributed by atoms with Gasteiger partial charge < -0.3 is 25.0 Å². The van der Waals surface area contributed by atoms with Gasteiger partial charge in [-0.15, -0.1) is 0 Å². The zero-order valence-electron chi connectivity index (χ0n) is 25.2. The maximum absolute atomic E-state index is 10.9. The first-order valence-electron chi connectivity index (χ1n) is 14.4. The number of hydrogen-bond donors (Lipinski definition) is 3. The quantitative estimate of drug-likeness (QED) is 0.167. The second-order valence-electron chi connectivity index (χ2n) is 12.7. The summed E-state index contributed by atoms with van der Waals surface area (Å²) >= 11 is 0. The first-order valence-corrected chi connectivity index (χ1v) is 14.4. The third-order valence-corrected chi connectivity index (χ3v) is 7.11. The predicted octanol–water partition coefficient (Wildman–Crippen LogP) is 7.40. The Hall–Kier alpha value is -3.77. The molecule has 218 valence electrons. The zero-order chi connectivity index (χ0) is 29.6. The lowest BCUT2D eigenvalue weighted by atomic mass is 9.78. The van der Waals surface area contributed by atoms with Gasteiger partial charge in [-0.3, -0.25) is 4.98 Å². The van der Waals surface area contributed by atoms with E-state index in [-0.39, 0.29) is 17.4 Å². The summed E-state index contributed by atoms with van der Waals surface area (Å²) in [6.07, 6.45) is 4.66. The molecular weight excluding hydrogens is 512 g/mol. The summed E-state index contributed by atoms with van der Waals surface area (Å²) in [6, 6.07) is 19.8. The maximum atomic E-state index is 10.9. The minimum atomic E-state index is -0.659. The number of phenolic OH excluding ortho intramolecular Hbond substituents is 1. The molecule has 0 aliphatic carbocycles. The van der Waals surface area contributed by atoms with E-state index >= 15 is 0 Å². The number of rotatable bonds is 11. The number of hydrogen-bond acceptors (Lipinski definition) is 6. The number of pyridine rings is 1. The van der Waals surface area contributed by atoms with E-state index < -0.39 is 6.10 Å². The fourth-order valence-electron chi connectivity index (χ4n) is 4.76. The lowest BCUT2D eigenvalue weighted by Crippen LogP contribution is -2.26. The van der Waals surface area contributed by atoms with Crippen molar-refractivity contribution in [3.05, 3.63) is 89.7 Å². The third kappa shape index (κ3) is 8.37. The Bertz CT molecular complexity index is 1400. The van der Waals surface area contributed by atoms with Gasteiger partial charge in [-0.05, 0) is 88.2 Å². The molecule has 3 N–H and O–H groups in total. The number of aliphatic hydroxyl groups excluding tert-OH is 1. The average molecular weight is 557 g/mol. The number of ether oxygens (including phenoxy) is 2. The summed E-state index contributed by atoms with van der Waals surface area (Å²) in [7, 11) is 0. The molecular formula is C35H44N2O4. The van der Waals surface area contributed by atoms with E-state index in [2.05, 4.69) is 64.0 Å². The summed E-state index contributed by atoms with van der Waals surface area (Å²) in [6.45, 7) is 14.0. The zero-order valence-corrected chi connectivity index (χ0v) is 25.2. The number of fused-ring (bicyclic) bond motifs is 1. The molecule has 1 heterocycles. The smallest absolute Gasteiger partial charge is 0.123 e. The van der Waals surface area contributed by atoms with E-state index in [0.717, 1.165) is 46.2 Å². The van der Waals surface area contributed by atoms with Crippen molar-refractivity contribution >= 4 is 16.5 Å². The molecule has 0 radical (unpaired) electrons. The van der Waals surface area contributed by atoms with Crippen molar-refractivity contribution in [2.45, 2.75) is 71.3 Å². The number of benzene rings is 3. The number of aromatic hydroxyl groups is 1. The van der Waals surface area contributed by atoms with Crippen LogP contribution in [-0.2, 0) is 17.3 Å². The van der Waals surface area contributed by atoms with Gasteiger partial charge in [-0.2, -0.15) is 0 Å². The summed E-state index contributed by atoms with van der Waals surface area (Å²) in [5.74, 6) is 1.93. The molecule has 0 spiro atoms. The van der Waals surface area contributed by atoms with Gasteiger partial charge in [-0.25, -0.2) is 0 Å². The lowest BCUT2D eigenvalue weighted by Gasteiger charge is -2.28. The van der Waals surface area contributed by atoms with Crippen molar-refractivity contribution in [1.29, 1.82) is 0 Å². The lowest BCUT2D eigenvalue weighted by molar-refractivity contribution is 0.117. The average Bonchev–Trinajstić information content (AvgIpc) is 2.93. The van der Waals surface area contributed by atoms with Crippen LogP contribution in [0.4, 0.5) is 5.69 Å². The molecule has 6 nitrogen and oxygen atoms in total. The molecule has 3 aromatic carbocycles.